The molecule has 0 saturated heterocycles. The lowest BCUT2D eigenvalue weighted by atomic mass is 10.0. The van der Waals surface area contributed by atoms with Crippen molar-refractivity contribution in [3.8, 4) is 21.8 Å². The second-order valence-electron chi connectivity index (χ2n) is 8.06. The Labute approximate surface area is 211 Å². The number of H-pyrrole nitrogens is 1. The number of hydrogen-bond donors (Lipinski definition) is 1. The molecule has 2 heterocycles. The van der Waals surface area contributed by atoms with E-state index in [1.54, 1.807) is 29.2 Å². The Hall–Kier alpha value is -3.46. The number of halogens is 1. The lowest BCUT2D eigenvalue weighted by Gasteiger charge is -2.22. The van der Waals surface area contributed by atoms with Crippen LogP contribution in [0.4, 0.5) is 11.4 Å². The third-order valence-corrected chi connectivity index (χ3v) is 7.96. The summed E-state index contributed by atoms with van der Waals surface area (Å²) in [5.74, 6) is 0.565. The van der Waals surface area contributed by atoms with E-state index in [9.17, 15) is 13.2 Å². The first-order chi connectivity index (χ1) is 16.7. The monoisotopic (exact) mass is 521 g/mol. The number of fused-ring (bicyclic) bond motifs is 1. The van der Waals surface area contributed by atoms with Gasteiger partial charge in [0.1, 0.15) is 5.82 Å². The molecule has 0 bridgehead atoms. The quantitative estimate of drug-likeness (QED) is 0.279. The van der Waals surface area contributed by atoms with Gasteiger partial charge in [-0.2, -0.15) is 0 Å². The number of carbonyl (C=O) groups excluding carboxylic acids is 1. The van der Waals surface area contributed by atoms with E-state index < -0.39 is 9.84 Å². The number of aromatic nitrogens is 2. The van der Waals surface area contributed by atoms with Gasteiger partial charge >= 0.3 is 0 Å². The summed E-state index contributed by atoms with van der Waals surface area (Å²) in [5, 5.41) is 0. The maximum Gasteiger partial charge on any atom is 0.228 e. The van der Waals surface area contributed by atoms with E-state index >= 15 is 0 Å². The first-order valence-corrected chi connectivity index (χ1v) is 13.7. The Morgan fingerprint density at radius 2 is 1.69 bits per heavy atom. The lowest BCUT2D eigenvalue weighted by molar-refractivity contribution is -0.115. The molecule has 0 spiro atoms. The summed E-state index contributed by atoms with van der Waals surface area (Å²) in [4.78, 5) is 23.4. The second kappa shape index (κ2) is 8.96. The molecular formula is C26H20ClN3O3S2. The van der Waals surface area contributed by atoms with E-state index in [2.05, 4.69) is 9.97 Å². The topological polar surface area (TPSA) is 83.1 Å². The molecule has 0 aliphatic heterocycles. The third kappa shape index (κ3) is 4.60. The van der Waals surface area contributed by atoms with E-state index in [0.717, 1.165) is 27.3 Å². The van der Waals surface area contributed by atoms with Gasteiger partial charge in [0.25, 0.3) is 0 Å². The molecule has 1 amide bonds. The highest BCUT2D eigenvalue weighted by atomic mass is 35.5. The van der Waals surface area contributed by atoms with Crippen LogP contribution in [0.3, 0.4) is 0 Å². The van der Waals surface area contributed by atoms with Gasteiger partial charge in [0.2, 0.25) is 5.91 Å². The summed E-state index contributed by atoms with van der Waals surface area (Å²) in [6, 6.07) is 23.5. The molecule has 0 aliphatic carbocycles. The molecule has 0 saturated carbocycles. The zero-order valence-electron chi connectivity index (χ0n) is 18.8. The van der Waals surface area contributed by atoms with Gasteiger partial charge in [-0.1, -0.05) is 41.9 Å². The Morgan fingerprint density at radius 3 is 2.34 bits per heavy atom. The number of nitrogens with zero attached hydrogens (tertiary/aromatic N) is 2. The molecule has 5 aromatic rings. The van der Waals surface area contributed by atoms with Crippen molar-refractivity contribution < 1.29 is 13.2 Å². The smallest absolute Gasteiger partial charge is 0.228 e. The predicted octanol–water partition coefficient (Wildman–Crippen LogP) is 6.70. The van der Waals surface area contributed by atoms with Crippen molar-refractivity contribution in [2.75, 3.05) is 11.2 Å². The van der Waals surface area contributed by atoms with Crippen LogP contribution in [-0.4, -0.2) is 30.5 Å². The van der Waals surface area contributed by atoms with Gasteiger partial charge < -0.3 is 4.98 Å². The van der Waals surface area contributed by atoms with Crippen LogP contribution >= 0.6 is 22.9 Å². The lowest BCUT2D eigenvalue weighted by Crippen LogP contribution is -2.22. The average molecular weight is 522 g/mol. The fourth-order valence-corrected chi connectivity index (χ4v) is 5.93. The second-order valence-corrected chi connectivity index (χ2v) is 11.8. The zero-order chi connectivity index (χ0) is 24.7. The molecular weight excluding hydrogens is 502 g/mol. The summed E-state index contributed by atoms with van der Waals surface area (Å²) >= 11 is 7.50. The third-order valence-electron chi connectivity index (χ3n) is 5.57. The molecule has 3 aromatic carbocycles. The fourth-order valence-electron chi connectivity index (χ4n) is 4.03. The van der Waals surface area contributed by atoms with E-state index in [1.807, 2.05) is 54.6 Å². The normalized spacial score (nSPS) is 11.6. The first kappa shape index (κ1) is 23.3. The maximum absolute atomic E-state index is 12.7. The van der Waals surface area contributed by atoms with Crippen LogP contribution in [0.5, 0.6) is 0 Å². The minimum atomic E-state index is -3.38. The molecule has 0 radical (unpaired) electrons. The molecule has 0 fully saturated rings. The zero-order valence-corrected chi connectivity index (χ0v) is 21.2. The van der Waals surface area contributed by atoms with Crippen LogP contribution in [0, 0.1) is 0 Å². The van der Waals surface area contributed by atoms with Crippen LogP contribution in [0.15, 0.2) is 83.8 Å². The van der Waals surface area contributed by atoms with Crippen molar-refractivity contribution in [2.24, 2.45) is 0 Å². The highest BCUT2D eigenvalue weighted by Gasteiger charge is 2.18. The Bertz CT molecular complexity index is 1670. The van der Waals surface area contributed by atoms with E-state index in [0.29, 0.717) is 21.3 Å². The van der Waals surface area contributed by atoms with Gasteiger partial charge in [-0.3, -0.25) is 9.69 Å². The van der Waals surface area contributed by atoms with Gasteiger partial charge in [-0.05, 0) is 54.1 Å². The number of imidazole rings is 1. The van der Waals surface area contributed by atoms with Gasteiger partial charge in [-0.25, -0.2) is 13.4 Å². The largest absolute Gasteiger partial charge is 0.337 e. The van der Waals surface area contributed by atoms with E-state index in [4.69, 9.17) is 11.6 Å². The fraction of sp³-hybridized carbons (Fsp3) is 0.0769. The number of aromatic amines is 1. The summed E-state index contributed by atoms with van der Waals surface area (Å²) in [7, 11) is -3.38. The van der Waals surface area contributed by atoms with Crippen LogP contribution in [-0.2, 0) is 14.6 Å². The number of rotatable bonds is 5. The molecule has 9 heteroatoms. The van der Waals surface area contributed by atoms with Crippen molar-refractivity contribution in [1.29, 1.82) is 0 Å². The Morgan fingerprint density at radius 1 is 0.971 bits per heavy atom. The number of nitrogens with one attached hydrogen (secondary N) is 1. The summed E-state index contributed by atoms with van der Waals surface area (Å²) in [6.45, 7) is 1.50. The Balaban J connectivity index is 1.51. The minimum absolute atomic E-state index is 0.154. The molecule has 1 N–H and O–H groups in total. The van der Waals surface area contributed by atoms with Gasteiger partial charge in [-0.15, -0.1) is 11.3 Å². The van der Waals surface area contributed by atoms with Crippen molar-refractivity contribution in [3.05, 3.63) is 83.2 Å². The highest BCUT2D eigenvalue weighted by molar-refractivity contribution is 7.90. The minimum Gasteiger partial charge on any atom is -0.337 e. The number of benzene rings is 3. The van der Waals surface area contributed by atoms with Crippen LogP contribution in [0.25, 0.3) is 32.9 Å². The van der Waals surface area contributed by atoms with Crippen LogP contribution in [0.1, 0.15) is 6.92 Å². The van der Waals surface area contributed by atoms with Gasteiger partial charge in [0, 0.05) is 24.4 Å². The van der Waals surface area contributed by atoms with Gasteiger partial charge in [0.05, 0.1) is 30.8 Å². The van der Waals surface area contributed by atoms with Crippen LogP contribution in [0.2, 0.25) is 4.34 Å². The number of amides is 1. The number of sulfone groups is 1. The molecule has 0 aliphatic rings. The summed E-state index contributed by atoms with van der Waals surface area (Å²) in [6.07, 6.45) is 1.20. The summed E-state index contributed by atoms with van der Waals surface area (Å²) in [5.41, 5.74) is 4.31. The summed E-state index contributed by atoms with van der Waals surface area (Å²) < 4.78 is 25.1. The van der Waals surface area contributed by atoms with E-state index in [-0.39, 0.29) is 10.8 Å². The maximum atomic E-state index is 12.7. The predicted molar refractivity (Wildman–Crippen MR) is 142 cm³/mol. The van der Waals surface area contributed by atoms with Crippen molar-refractivity contribution in [2.45, 2.75) is 11.8 Å². The van der Waals surface area contributed by atoms with Crippen molar-refractivity contribution in [3.63, 3.8) is 0 Å². The average Bonchev–Trinajstić information content (AvgIpc) is 3.44. The molecule has 0 unspecified atom stereocenters. The van der Waals surface area contributed by atoms with Crippen LogP contribution < -0.4 is 4.90 Å². The molecule has 35 heavy (non-hydrogen) atoms. The molecule has 2 aromatic heterocycles. The van der Waals surface area contributed by atoms with Gasteiger partial charge in [0.15, 0.2) is 9.84 Å². The number of thiophene rings is 1. The van der Waals surface area contributed by atoms with E-state index in [1.165, 1.54) is 24.5 Å². The number of anilines is 2. The van der Waals surface area contributed by atoms with Crippen molar-refractivity contribution >= 4 is 61.1 Å². The SMILES string of the molecule is CC(=O)N(c1ccc(-c2ccccc2S(C)(=O)=O)cc1)c1ccc2nc(-c3ccc(Cl)s3)[nH]c2c1. The number of carbonyl (C=O) groups is 1. The molecule has 176 valence electrons. The number of hydrogen-bond acceptors (Lipinski definition) is 5. The van der Waals surface area contributed by atoms with Crippen molar-refractivity contribution in [1.82, 2.24) is 9.97 Å². The Kier molecular flexibility index (Phi) is 5.96. The highest BCUT2D eigenvalue weighted by Crippen LogP contribution is 2.34. The first-order valence-electron chi connectivity index (χ1n) is 10.7. The molecule has 6 nitrogen and oxygen atoms in total. The molecule has 0 atom stereocenters. The molecule has 5 rings (SSSR count). The standard InChI is InChI=1S/C26H20ClN3O3S2/c1-16(31)30(18-9-7-17(8-10-18)20-5-3-4-6-24(20)35(2,32)33)19-11-12-21-22(15-19)29-26(28-21)23-13-14-25(27)34-23/h3-15H,1-2H3,(H,28,29).